The van der Waals surface area contributed by atoms with Gasteiger partial charge in [0.1, 0.15) is 0 Å². The second kappa shape index (κ2) is 4.80. The molecular weight excluding hydrogens is 230 g/mol. The number of fused-ring (bicyclic) bond motifs is 1. The zero-order chi connectivity index (χ0) is 13.3. The van der Waals surface area contributed by atoms with Gasteiger partial charge in [0.05, 0.1) is 12.9 Å². The Hall–Kier alpha value is -1.85. The van der Waals surface area contributed by atoms with Gasteiger partial charge in [-0.1, -0.05) is 13.8 Å². The topological polar surface area (TPSA) is 78.8 Å². The molecule has 18 heavy (non-hydrogen) atoms. The lowest BCUT2D eigenvalue weighted by molar-refractivity contribution is 0.330. The number of hydrogen-bond acceptors (Lipinski definition) is 5. The van der Waals surface area contributed by atoms with E-state index in [-0.39, 0.29) is 5.95 Å². The first-order valence-electron chi connectivity index (χ1n) is 6.17. The van der Waals surface area contributed by atoms with Gasteiger partial charge in [0, 0.05) is 6.04 Å². The van der Waals surface area contributed by atoms with Crippen molar-refractivity contribution in [2.24, 2.45) is 5.92 Å². The molecule has 0 fully saturated rings. The van der Waals surface area contributed by atoms with Gasteiger partial charge in [0.15, 0.2) is 11.2 Å². The van der Waals surface area contributed by atoms with Crippen molar-refractivity contribution in [1.82, 2.24) is 19.5 Å². The first-order valence-corrected chi connectivity index (χ1v) is 6.17. The minimum Gasteiger partial charge on any atom is -0.476 e. The number of anilines is 1. The standard InChI is InChI=1S/C12H19N5O/c1-5-18-11-9-10(15-12(13)16-11)17(6-14-9)8(4)7(2)3/h6-8H,5H2,1-4H3,(H2,13,15,16). The molecule has 1 unspecified atom stereocenters. The highest BCUT2D eigenvalue weighted by Crippen LogP contribution is 2.26. The fourth-order valence-electron chi connectivity index (χ4n) is 1.76. The van der Waals surface area contributed by atoms with Gasteiger partial charge in [-0.15, -0.1) is 0 Å². The zero-order valence-corrected chi connectivity index (χ0v) is 11.2. The Morgan fingerprint density at radius 3 is 2.67 bits per heavy atom. The van der Waals surface area contributed by atoms with E-state index in [1.54, 1.807) is 6.33 Å². The fourth-order valence-corrected chi connectivity index (χ4v) is 1.76. The van der Waals surface area contributed by atoms with Gasteiger partial charge in [-0.3, -0.25) is 0 Å². The summed E-state index contributed by atoms with van der Waals surface area (Å²) in [5.41, 5.74) is 7.11. The van der Waals surface area contributed by atoms with E-state index in [0.717, 1.165) is 5.65 Å². The summed E-state index contributed by atoms with van der Waals surface area (Å²) in [6.45, 7) is 8.87. The Morgan fingerprint density at radius 1 is 1.33 bits per heavy atom. The molecular formula is C12H19N5O. The van der Waals surface area contributed by atoms with Crippen LogP contribution < -0.4 is 10.5 Å². The van der Waals surface area contributed by atoms with Crippen LogP contribution in [0.2, 0.25) is 0 Å². The predicted octanol–water partition coefficient (Wildman–Crippen LogP) is 2.02. The van der Waals surface area contributed by atoms with Crippen LogP contribution >= 0.6 is 0 Å². The van der Waals surface area contributed by atoms with E-state index in [1.165, 1.54) is 0 Å². The number of ether oxygens (including phenoxy) is 1. The second-order valence-electron chi connectivity index (χ2n) is 4.63. The van der Waals surface area contributed by atoms with Gasteiger partial charge in [0.25, 0.3) is 0 Å². The second-order valence-corrected chi connectivity index (χ2v) is 4.63. The van der Waals surface area contributed by atoms with Gasteiger partial charge in [0.2, 0.25) is 11.8 Å². The third-order valence-electron chi connectivity index (χ3n) is 3.09. The first-order chi connectivity index (χ1) is 8.54. The van der Waals surface area contributed by atoms with Crippen molar-refractivity contribution in [2.45, 2.75) is 33.7 Å². The normalized spacial score (nSPS) is 13.2. The van der Waals surface area contributed by atoms with E-state index < -0.39 is 0 Å². The molecule has 2 aromatic rings. The van der Waals surface area contributed by atoms with E-state index >= 15 is 0 Å². The van der Waals surface area contributed by atoms with Crippen molar-refractivity contribution in [3.63, 3.8) is 0 Å². The van der Waals surface area contributed by atoms with Crippen LogP contribution in [0, 0.1) is 5.92 Å². The number of rotatable bonds is 4. The Labute approximate surface area is 106 Å². The van der Waals surface area contributed by atoms with Crippen molar-refractivity contribution >= 4 is 17.1 Å². The van der Waals surface area contributed by atoms with Gasteiger partial charge >= 0.3 is 0 Å². The molecule has 2 rings (SSSR count). The van der Waals surface area contributed by atoms with Crippen LogP contribution in [0.25, 0.3) is 11.2 Å². The maximum absolute atomic E-state index is 5.72. The summed E-state index contributed by atoms with van der Waals surface area (Å²) >= 11 is 0. The number of imidazole rings is 1. The molecule has 0 saturated carbocycles. The highest BCUT2D eigenvalue weighted by molar-refractivity contribution is 5.77. The van der Waals surface area contributed by atoms with Crippen LogP contribution in [0.4, 0.5) is 5.95 Å². The summed E-state index contributed by atoms with van der Waals surface area (Å²) in [4.78, 5) is 12.7. The monoisotopic (exact) mass is 249 g/mol. The van der Waals surface area contributed by atoms with E-state index in [9.17, 15) is 0 Å². The Balaban J connectivity index is 2.58. The van der Waals surface area contributed by atoms with E-state index in [2.05, 4.69) is 35.7 Å². The predicted molar refractivity (Wildman–Crippen MR) is 70.5 cm³/mol. The van der Waals surface area contributed by atoms with E-state index in [4.69, 9.17) is 10.5 Å². The average molecular weight is 249 g/mol. The lowest BCUT2D eigenvalue weighted by Gasteiger charge is -2.17. The Morgan fingerprint density at radius 2 is 2.06 bits per heavy atom. The molecule has 2 heterocycles. The van der Waals surface area contributed by atoms with Crippen LogP contribution in [0.3, 0.4) is 0 Å². The largest absolute Gasteiger partial charge is 0.476 e. The smallest absolute Gasteiger partial charge is 0.247 e. The summed E-state index contributed by atoms with van der Waals surface area (Å²) in [5, 5.41) is 0. The van der Waals surface area contributed by atoms with Crippen molar-refractivity contribution in [3.05, 3.63) is 6.33 Å². The highest BCUT2D eigenvalue weighted by Gasteiger charge is 2.17. The number of nitrogens with two attached hydrogens (primary N) is 1. The quantitative estimate of drug-likeness (QED) is 0.896. The molecule has 0 aliphatic carbocycles. The summed E-state index contributed by atoms with van der Waals surface area (Å²) < 4.78 is 7.46. The van der Waals surface area contributed by atoms with Crippen LogP contribution in [0.5, 0.6) is 5.88 Å². The van der Waals surface area contributed by atoms with Crippen LogP contribution in [-0.4, -0.2) is 26.1 Å². The van der Waals surface area contributed by atoms with Crippen LogP contribution in [-0.2, 0) is 0 Å². The zero-order valence-electron chi connectivity index (χ0n) is 11.2. The van der Waals surface area contributed by atoms with Gasteiger partial charge in [-0.2, -0.15) is 9.97 Å². The van der Waals surface area contributed by atoms with Crippen molar-refractivity contribution in [2.75, 3.05) is 12.3 Å². The molecule has 0 amide bonds. The number of nitrogens with zero attached hydrogens (tertiary/aromatic N) is 4. The van der Waals surface area contributed by atoms with Crippen molar-refractivity contribution < 1.29 is 4.74 Å². The SMILES string of the molecule is CCOc1nc(N)nc2c1ncn2C(C)C(C)C. The summed E-state index contributed by atoms with van der Waals surface area (Å²) in [7, 11) is 0. The molecule has 0 saturated heterocycles. The number of nitrogen functional groups attached to an aromatic ring is 1. The van der Waals surface area contributed by atoms with E-state index in [0.29, 0.717) is 30.0 Å². The molecule has 98 valence electrons. The number of aromatic nitrogens is 4. The third kappa shape index (κ3) is 2.10. The van der Waals surface area contributed by atoms with Crippen molar-refractivity contribution in [1.29, 1.82) is 0 Å². The Kier molecular flexibility index (Phi) is 3.36. The fraction of sp³-hybridized carbons (Fsp3) is 0.583. The molecule has 0 bridgehead atoms. The maximum atomic E-state index is 5.72. The molecule has 0 aliphatic rings. The third-order valence-corrected chi connectivity index (χ3v) is 3.09. The molecule has 6 nitrogen and oxygen atoms in total. The average Bonchev–Trinajstić information content (AvgIpc) is 2.71. The maximum Gasteiger partial charge on any atom is 0.247 e. The van der Waals surface area contributed by atoms with Crippen molar-refractivity contribution in [3.8, 4) is 5.88 Å². The summed E-state index contributed by atoms with van der Waals surface area (Å²) in [6, 6.07) is 0.291. The Bertz CT molecular complexity index is 549. The first kappa shape index (κ1) is 12.6. The molecule has 6 heteroatoms. The summed E-state index contributed by atoms with van der Waals surface area (Å²) in [5.74, 6) is 1.15. The number of hydrogen-bond donors (Lipinski definition) is 1. The minimum absolute atomic E-state index is 0.212. The molecule has 2 N–H and O–H groups in total. The van der Waals surface area contributed by atoms with E-state index in [1.807, 2.05) is 11.5 Å². The van der Waals surface area contributed by atoms with Crippen LogP contribution in [0.15, 0.2) is 6.33 Å². The lowest BCUT2D eigenvalue weighted by atomic mass is 10.1. The lowest BCUT2D eigenvalue weighted by Crippen LogP contribution is -2.11. The molecule has 1 atom stereocenters. The summed E-state index contributed by atoms with van der Waals surface area (Å²) in [6.07, 6.45) is 1.77. The van der Waals surface area contributed by atoms with Gasteiger partial charge in [-0.25, -0.2) is 4.98 Å². The molecule has 0 aromatic carbocycles. The molecule has 2 aromatic heterocycles. The van der Waals surface area contributed by atoms with Gasteiger partial charge in [-0.05, 0) is 19.8 Å². The highest BCUT2D eigenvalue weighted by atomic mass is 16.5. The molecule has 0 radical (unpaired) electrons. The van der Waals surface area contributed by atoms with Gasteiger partial charge < -0.3 is 15.0 Å². The van der Waals surface area contributed by atoms with Crippen LogP contribution in [0.1, 0.15) is 33.7 Å². The molecule has 0 aliphatic heterocycles. The minimum atomic E-state index is 0.212. The molecule has 0 spiro atoms.